The van der Waals surface area contributed by atoms with Gasteiger partial charge >= 0.3 is 5.97 Å². The molecule has 0 aliphatic heterocycles. The van der Waals surface area contributed by atoms with E-state index in [2.05, 4.69) is 4.84 Å². The van der Waals surface area contributed by atoms with E-state index in [1.54, 1.807) is 0 Å². The highest BCUT2D eigenvalue weighted by atomic mass is 16.6. The largest absolute Gasteiger partial charge is 0.481 e. The lowest BCUT2D eigenvalue weighted by atomic mass is 10.2. The molecule has 0 atom stereocenters. The molecule has 0 aliphatic rings. The van der Waals surface area contributed by atoms with Crippen molar-refractivity contribution in [3.8, 4) is 0 Å². The third-order valence-corrected chi connectivity index (χ3v) is 0.876. The molecule has 4 nitrogen and oxygen atoms in total. The molecule has 0 fully saturated rings. The SMILES string of the molecule is [N]OCCCCC(=O)O. The molecular weight excluding hydrogens is 122 g/mol. The van der Waals surface area contributed by atoms with E-state index < -0.39 is 5.97 Å². The molecule has 0 heterocycles. The van der Waals surface area contributed by atoms with Crippen LogP contribution in [-0.4, -0.2) is 17.7 Å². The van der Waals surface area contributed by atoms with Gasteiger partial charge in [-0.1, -0.05) is 0 Å². The molecule has 1 N–H and O–H groups in total. The standard InChI is InChI=1S/C5H9NO3/c6-9-4-2-1-3-5(7)8/h1-4H2,(H,7,8). The Morgan fingerprint density at radius 3 is 2.67 bits per heavy atom. The van der Waals surface area contributed by atoms with Gasteiger partial charge in [-0.05, 0) is 12.8 Å². The molecule has 9 heavy (non-hydrogen) atoms. The van der Waals surface area contributed by atoms with Crippen LogP contribution in [0.1, 0.15) is 19.3 Å². The zero-order chi connectivity index (χ0) is 7.11. The summed E-state index contributed by atoms with van der Waals surface area (Å²) in [5.41, 5.74) is 0. The van der Waals surface area contributed by atoms with Crippen LogP contribution in [0, 0.1) is 0 Å². The first-order valence-corrected chi connectivity index (χ1v) is 2.75. The summed E-state index contributed by atoms with van der Waals surface area (Å²) in [7, 11) is 0. The number of carboxylic acids is 1. The summed E-state index contributed by atoms with van der Waals surface area (Å²) in [5, 5.41) is 8.11. The summed E-state index contributed by atoms with van der Waals surface area (Å²) in [4.78, 5) is 13.6. The van der Waals surface area contributed by atoms with Crippen LogP contribution in [0.5, 0.6) is 0 Å². The Bertz CT molecular complexity index is 84.3. The van der Waals surface area contributed by atoms with Crippen molar-refractivity contribution in [2.75, 3.05) is 6.61 Å². The molecule has 0 spiro atoms. The van der Waals surface area contributed by atoms with Crippen molar-refractivity contribution in [1.82, 2.24) is 5.90 Å². The number of hydrogen-bond acceptors (Lipinski definition) is 2. The molecule has 0 unspecified atom stereocenters. The van der Waals surface area contributed by atoms with Crippen LogP contribution in [0.15, 0.2) is 0 Å². The van der Waals surface area contributed by atoms with Gasteiger partial charge in [-0.25, -0.2) is 0 Å². The van der Waals surface area contributed by atoms with Crippen molar-refractivity contribution in [3.05, 3.63) is 0 Å². The summed E-state index contributed by atoms with van der Waals surface area (Å²) in [6.45, 7) is 0.216. The minimum atomic E-state index is -0.812. The van der Waals surface area contributed by atoms with Crippen LogP contribution in [0.25, 0.3) is 0 Å². The summed E-state index contributed by atoms with van der Waals surface area (Å²) in [5.74, 6) is 6.97. The van der Waals surface area contributed by atoms with Crippen molar-refractivity contribution in [2.45, 2.75) is 19.3 Å². The topological polar surface area (TPSA) is 68.8 Å². The second-order valence-electron chi connectivity index (χ2n) is 1.68. The van der Waals surface area contributed by atoms with E-state index in [-0.39, 0.29) is 13.0 Å². The molecule has 0 aromatic heterocycles. The lowest BCUT2D eigenvalue weighted by Gasteiger charge is -1.92. The van der Waals surface area contributed by atoms with Crippen LogP contribution in [0.4, 0.5) is 0 Å². The third-order valence-electron chi connectivity index (χ3n) is 0.876. The molecule has 0 saturated carbocycles. The van der Waals surface area contributed by atoms with E-state index >= 15 is 0 Å². The third kappa shape index (κ3) is 7.39. The number of aliphatic carboxylic acids is 1. The van der Waals surface area contributed by atoms with E-state index in [1.807, 2.05) is 0 Å². The van der Waals surface area contributed by atoms with Gasteiger partial charge in [0.2, 0.25) is 0 Å². The van der Waals surface area contributed by atoms with Crippen molar-refractivity contribution >= 4 is 5.97 Å². The Morgan fingerprint density at radius 1 is 1.56 bits per heavy atom. The smallest absolute Gasteiger partial charge is 0.303 e. The van der Waals surface area contributed by atoms with Gasteiger partial charge in [-0.3, -0.25) is 9.63 Å². The predicted octanol–water partition coefficient (Wildman–Crippen LogP) is 0.242. The quantitative estimate of drug-likeness (QED) is 0.429. The zero-order valence-electron chi connectivity index (χ0n) is 5.04. The van der Waals surface area contributed by atoms with Crippen molar-refractivity contribution in [2.24, 2.45) is 0 Å². The first-order valence-electron chi connectivity index (χ1n) is 2.75. The van der Waals surface area contributed by atoms with Crippen molar-refractivity contribution < 1.29 is 14.7 Å². The molecule has 52 valence electrons. The number of carbonyl (C=O) groups is 1. The number of hydrogen-bond donors (Lipinski definition) is 1. The Morgan fingerprint density at radius 2 is 2.22 bits per heavy atom. The summed E-state index contributed by atoms with van der Waals surface area (Å²) in [6, 6.07) is 0. The Balaban J connectivity index is 2.83. The zero-order valence-corrected chi connectivity index (χ0v) is 5.04. The highest BCUT2D eigenvalue weighted by Gasteiger charge is 1.94. The maximum absolute atomic E-state index is 9.86. The average Bonchev–Trinajstić information content (AvgIpc) is 1.80. The fraction of sp³-hybridized carbons (Fsp3) is 0.800. The maximum Gasteiger partial charge on any atom is 0.303 e. The van der Waals surface area contributed by atoms with Crippen LogP contribution in [0.3, 0.4) is 0 Å². The van der Waals surface area contributed by atoms with Crippen molar-refractivity contribution in [1.29, 1.82) is 0 Å². The van der Waals surface area contributed by atoms with E-state index in [0.29, 0.717) is 12.8 Å². The fourth-order valence-corrected chi connectivity index (χ4v) is 0.443. The second kappa shape index (κ2) is 5.53. The number of carboxylic acid groups (broad SMARTS) is 1. The van der Waals surface area contributed by atoms with Crippen LogP contribution in [0.2, 0.25) is 0 Å². The van der Waals surface area contributed by atoms with Gasteiger partial charge < -0.3 is 5.11 Å². The Labute approximate surface area is 53.6 Å². The van der Waals surface area contributed by atoms with Gasteiger partial charge in [0.1, 0.15) is 0 Å². The van der Waals surface area contributed by atoms with Gasteiger partial charge in [-0.2, -0.15) is 0 Å². The van der Waals surface area contributed by atoms with Gasteiger partial charge in [0.05, 0.1) is 6.61 Å². The van der Waals surface area contributed by atoms with Crippen LogP contribution < -0.4 is 5.90 Å². The average molecular weight is 131 g/mol. The number of rotatable bonds is 5. The fourth-order valence-electron chi connectivity index (χ4n) is 0.443. The number of nitrogens with zero attached hydrogens (tertiary/aromatic N) is 1. The normalized spacial score (nSPS) is 9.44. The van der Waals surface area contributed by atoms with Gasteiger partial charge in [-0.15, -0.1) is 0 Å². The lowest BCUT2D eigenvalue weighted by molar-refractivity contribution is -0.137. The van der Waals surface area contributed by atoms with Gasteiger partial charge in [0, 0.05) is 12.3 Å². The molecule has 0 rings (SSSR count). The molecule has 0 amide bonds. The molecule has 2 radical (unpaired) electrons. The second-order valence-corrected chi connectivity index (χ2v) is 1.68. The van der Waals surface area contributed by atoms with Crippen LogP contribution in [-0.2, 0) is 9.63 Å². The maximum atomic E-state index is 9.86. The lowest BCUT2D eigenvalue weighted by Crippen LogP contribution is -1.96. The predicted molar refractivity (Wildman–Crippen MR) is 29.6 cm³/mol. The summed E-state index contributed by atoms with van der Waals surface area (Å²) < 4.78 is 0. The van der Waals surface area contributed by atoms with E-state index in [1.165, 1.54) is 0 Å². The highest BCUT2D eigenvalue weighted by Crippen LogP contribution is 1.93. The minimum Gasteiger partial charge on any atom is -0.481 e. The molecule has 0 aromatic rings. The molecule has 0 bridgehead atoms. The van der Waals surface area contributed by atoms with Gasteiger partial charge in [0.15, 0.2) is 0 Å². The molecule has 0 saturated heterocycles. The van der Waals surface area contributed by atoms with E-state index in [4.69, 9.17) is 11.0 Å². The first-order chi connectivity index (χ1) is 4.27. The van der Waals surface area contributed by atoms with Gasteiger partial charge in [0.25, 0.3) is 0 Å². The molecule has 0 aromatic carbocycles. The van der Waals surface area contributed by atoms with E-state index in [0.717, 1.165) is 0 Å². The Hall–Kier alpha value is -0.610. The summed E-state index contributed by atoms with van der Waals surface area (Å²) in [6.07, 6.45) is 1.28. The molecule has 4 heteroatoms. The highest BCUT2D eigenvalue weighted by molar-refractivity contribution is 5.66. The minimum absolute atomic E-state index is 0.142. The van der Waals surface area contributed by atoms with Crippen LogP contribution >= 0.6 is 0 Å². The first kappa shape index (κ1) is 8.39. The molecular formula is C5H9NO3. The van der Waals surface area contributed by atoms with Crippen molar-refractivity contribution in [3.63, 3.8) is 0 Å². The number of unbranched alkanes of at least 4 members (excludes halogenated alkanes) is 1. The summed E-state index contributed by atoms with van der Waals surface area (Å²) >= 11 is 0. The Kier molecular flexibility index (Phi) is 5.15. The monoisotopic (exact) mass is 131 g/mol. The molecule has 0 aliphatic carbocycles. The van der Waals surface area contributed by atoms with E-state index in [9.17, 15) is 4.79 Å².